The summed E-state index contributed by atoms with van der Waals surface area (Å²) >= 11 is 6.62. The first-order chi connectivity index (χ1) is 15.4. The monoisotopic (exact) mass is 450 g/mol. The van der Waals surface area contributed by atoms with Crippen LogP contribution < -0.4 is 5.56 Å². The van der Waals surface area contributed by atoms with E-state index >= 15 is 0 Å². The number of benzene rings is 1. The summed E-state index contributed by atoms with van der Waals surface area (Å²) in [5.74, 6) is 0.536. The van der Waals surface area contributed by atoms with Gasteiger partial charge in [-0.05, 0) is 44.5 Å². The van der Waals surface area contributed by atoms with Crippen molar-refractivity contribution in [3.05, 3.63) is 75.6 Å². The standard InChI is InChI=1S/C24H23ClN4O3/c1-14-4-3-5-22(27-14)16-6-7-19(21(25)11-16)20-10-17-12-26-15(2)28-23(17)29(24(20)32)9-8-18(31)13-30/h3-7,10-12,18,30-31H,8-9,13H2,1-2H3/t18-/m0/s1. The largest absolute Gasteiger partial charge is 0.394 e. The highest BCUT2D eigenvalue weighted by Crippen LogP contribution is 2.31. The van der Waals surface area contributed by atoms with Crippen molar-refractivity contribution in [2.75, 3.05) is 6.61 Å². The summed E-state index contributed by atoms with van der Waals surface area (Å²) in [6, 6.07) is 13.0. The van der Waals surface area contributed by atoms with Crippen LogP contribution in [0.3, 0.4) is 0 Å². The van der Waals surface area contributed by atoms with Gasteiger partial charge in [-0.1, -0.05) is 29.8 Å². The molecule has 0 unspecified atom stereocenters. The highest BCUT2D eigenvalue weighted by Gasteiger charge is 2.16. The smallest absolute Gasteiger partial charge is 0.260 e. The second kappa shape index (κ2) is 9.16. The molecular weight excluding hydrogens is 428 g/mol. The lowest BCUT2D eigenvalue weighted by Crippen LogP contribution is -2.26. The number of aromatic nitrogens is 4. The lowest BCUT2D eigenvalue weighted by atomic mass is 10.0. The van der Waals surface area contributed by atoms with Gasteiger partial charge in [0.05, 0.1) is 18.4 Å². The topological polar surface area (TPSA) is 101 Å². The predicted molar refractivity (Wildman–Crippen MR) is 125 cm³/mol. The fourth-order valence-electron chi connectivity index (χ4n) is 3.61. The van der Waals surface area contributed by atoms with Gasteiger partial charge < -0.3 is 10.2 Å². The molecular formula is C24H23ClN4O3. The first kappa shape index (κ1) is 22.1. The fraction of sp³-hybridized carbons (Fsp3) is 0.250. The second-order valence-electron chi connectivity index (χ2n) is 7.69. The van der Waals surface area contributed by atoms with E-state index in [1.54, 1.807) is 25.3 Å². The van der Waals surface area contributed by atoms with Gasteiger partial charge >= 0.3 is 0 Å². The van der Waals surface area contributed by atoms with E-state index in [1.165, 1.54) is 4.57 Å². The van der Waals surface area contributed by atoms with Crippen molar-refractivity contribution in [3.63, 3.8) is 0 Å². The molecule has 1 aromatic carbocycles. The van der Waals surface area contributed by atoms with Gasteiger partial charge in [-0.2, -0.15) is 0 Å². The molecule has 4 rings (SSSR count). The molecule has 7 nitrogen and oxygen atoms in total. The van der Waals surface area contributed by atoms with Crippen LogP contribution in [0.2, 0.25) is 5.02 Å². The molecule has 1 atom stereocenters. The van der Waals surface area contributed by atoms with Crippen LogP contribution >= 0.6 is 11.6 Å². The van der Waals surface area contributed by atoms with Crippen LogP contribution in [0.15, 0.2) is 53.5 Å². The van der Waals surface area contributed by atoms with Crippen molar-refractivity contribution >= 4 is 22.6 Å². The molecule has 4 aromatic rings. The number of aliphatic hydroxyl groups excluding tert-OH is 2. The Labute approximate surface area is 190 Å². The average molecular weight is 451 g/mol. The molecule has 32 heavy (non-hydrogen) atoms. The minimum Gasteiger partial charge on any atom is -0.394 e. The predicted octanol–water partition coefficient (Wildman–Crippen LogP) is 3.53. The van der Waals surface area contributed by atoms with Crippen molar-refractivity contribution in [3.8, 4) is 22.4 Å². The van der Waals surface area contributed by atoms with Gasteiger partial charge in [-0.3, -0.25) is 14.3 Å². The Morgan fingerprint density at radius 1 is 1.09 bits per heavy atom. The average Bonchev–Trinajstić information content (AvgIpc) is 2.78. The number of halogens is 1. The van der Waals surface area contributed by atoms with Crippen molar-refractivity contribution in [1.29, 1.82) is 0 Å². The maximum Gasteiger partial charge on any atom is 0.260 e. The molecule has 3 aromatic heterocycles. The number of hydrogen-bond acceptors (Lipinski definition) is 6. The van der Waals surface area contributed by atoms with E-state index in [9.17, 15) is 9.90 Å². The van der Waals surface area contributed by atoms with E-state index in [0.29, 0.717) is 33.0 Å². The summed E-state index contributed by atoms with van der Waals surface area (Å²) in [6.45, 7) is 3.50. The molecule has 0 aliphatic heterocycles. The Hall–Kier alpha value is -3.13. The molecule has 0 bridgehead atoms. The summed E-state index contributed by atoms with van der Waals surface area (Å²) in [5, 5.41) is 20.1. The zero-order valence-corrected chi connectivity index (χ0v) is 18.5. The summed E-state index contributed by atoms with van der Waals surface area (Å²) in [7, 11) is 0. The highest BCUT2D eigenvalue weighted by atomic mass is 35.5. The molecule has 0 amide bonds. The summed E-state index contributed by atoms with van der Waals surface area (Å²) in [4.78, 5) is 26.6. The molecule has 0 radical (unpaired) electrons. The first-order valence-corrected chi connectivity index (χ1v) is 10.6. The number of rotatable bonds is 6. The van der Waals surface area contributed by atoms with Crippen LogP contribution in [0, 0.1) is 13.8 Å². The van der Waals surface area contributed by atoms with Crippen LogP contribution in [-0.2, 0) is 6.54 Å². The van der Waals surface area contributed by atoms with Gasteiger partial charge in [0.1, 0.15) is 11.5 Å². The highest BCUT2D eigenvalue weighted by molar-refractivity contribution is 6.33. The van der Waals surface area contributed by atoms with E-state index in [4.69, 9.17) is 16.7 Å². The number of fused-ring (bicyclic) bond motifs is 1. The van der Waals surface area contributed by atoms with Crippen molar-refractivity contribution in [1.82, 2.24) is 19.5 Å². The Morgan fingerprint density at radius 2 is 1.91 bits per heavy atom. The van der Waals surface area contributed by atoms with Crippen LogP contribution in [0.5, 0.6) is 0 Å². The van der Waals surface area contributed by atoms with Gasteiger partial charge in [-0.15, -0.1) is 0 Å². The molecule has 0 saturated heterocycles. The van der Waals surface area contributed by atoms with Gasteiger partial charge in [0.15, 0.2) is 0 Å². The number of hydrogen-bond donors (Lipinski definition) is 2. The molecule has 0 aliphatic carbocycles. The third kappa shape index (κ3) is 4.41. The number of pyridine rings is 2. The van der Waals surface area contributed by atoms with E-state index in [1.807, 2.05) is 37.3 Å². The molecule has 3 heterocycles. The maximum atomic E-state index is 13.4. The van der Waals surface area contributed by atoms with E-state index < -0.39 is 6.10 Å². The number of aryl methyl sites for hydroxylation is 3. The van der Waals surface area contributed by atoms with E-state index in [2.05, 4.69) is 15.0 Å². The Balaban J connectivity index is 1.84. The van der Waals surface area contributed by atoms with Gasteiger partial charge in [-0.25, -0.2) is 9.97 Å². The molecule has 164 valence electrons. The Morgan fingerprint density at radius 3 is 2.62 bits per heavy atom. The van der Waals surface area contributed by atoms with Crippen molar-refractivity contribution in [2.24, 2.45) is 0 Å². The first-order valence-electron chi connectivity index (χ1n) is 10.3. The van der Waals surface area contributed by atoms with Gasteiger partial charge in [0, 0.05) is 45.5 Å². The minimum atomic E-state index is -0.923. The molecule has 0 saturated carbocycles. The van der Waals surface area contributed by atoms with Crippen molar-refractivity contribution < 1.29 is 10.2 Å². The third-order valence-corrected chi connectivity index (χ3v) is 5.60. The van der Waals surface area contributed by atoms with Crippen LogP contribution in [-0.4, -0.2) is 42.4 Å². The lowest BCUT2D eigenvalue weighted by Gasteiger charge is -2.15. The van der Waals surface area contributed by atoms with Crippen molar-refractivity contribution in [2.45, 2.75) is 32.9 Å². The molecule has 0 spiro atoms. The quantitative estimate of drug-likeness (QED) is 0.466. The molecule has 8 heteroatoms. The Bertz CT molecular complexity index is 1350. The van der Waals surface area contributed by atoms with Gasteiger partial charge in [0.25, 0.3) is 5.56 Å². The SMILES string of the molecule is Cc1cccc(-c2ccc(-c3cc4cnc(C)nc4n(CC[C@H](O)CO)c3=O)c(Cl)c2)n1. The maximum absolute atomic E-state index is 13.4. The van der Waals surface area contributed by atoms with Gasteiger partial charge in [0.2, 0.25) is 0 Å². The fourth-order valence-corrected chi connectivity index (χ4v) is 3.89. The second-order valence-corrected chi connectivity index (χ2v) is 8.10. The zero-order chi connectivity index (χ0) is 22.8. The summed E-state index contributed by atoms with van der Waals surface area (Å²) in [5.41, 5.74) is 3.77. The lowest BCUT2D eigenvalue weighted by molar-refractivity contribution is 0.0847. The number of aliphatic hydroxyl groups is 2. The van der Waals surface area contributed by atoms with Crippen LogP contribution in [0.4, 0.5) is 0 Å². The molecule has 2 N–H and O–H groups in total. The van der Waals surface area contributed by atoms with Crippen LogP contribution in [0.1, 0.15) is 17.9 Å². The Kier molecular flexibility index (Phi) is 6.32. The third-order valence-electron chi connectivity index (χ3n) is 5.29. The molecule has 0 fully saturated rings. The number of nitrogens with zero attached hydrogens (tertiary/aromatic N) is 4. The summed E-state index contributed by atoms with van der Waals surface area (Å²) < 4.78 is 1.50. The molecule has 0 aliphatic rings. The summed E-state index contributed by atoms with van der Waals surface area (Å²) in [6.07, 6.45) is 0.954. The minimum absolute atomic E-state index is 0.199. The van der Waals surface area contributed by atoms with E-state index in [-0.39, 0.29) is 25.1 Å². The zero-order valence-electron chi connectivity index (χ0n) is 17.8. The van der Waals surface area contributed by atoms with E-state index in [0.717, 1.165) is 17.0 Å². The normalized spacial score (nSPS) is 12.3. The van der Waals surface area contributed by atoms with Crippen LogP contribution in [0.25, 0.3) is 33.4 Å².